The number of aromatic carboxylic acids is 1. The Hall–Kier alpha value is -3.06. The number of aryl methyl sites for hydroxylation is 1. The van der Waals surface area contributed by atoms with Crippen LogP contribution in [0.2, 0.25) is 0 Å². The fourth-order valence-electron chi connectivity index (χ4n) is 2.81. The molecule has 0 aliphatic heterocycles. The number of nitrogens with one attached hydrogen (secondary N) is 1. The van der Waals surface area contributed by atoms with Gasteiger partial charge < -0.3 is 15.0 Å². The van der Waals surface area contributed by atoms with Crippen molar-refractivity contribution >= 4 is 23.6 Å². The number of imidazole rings is 1. The number of benzene rings is 2. The van der Waals surface area contributed by atoms with Gasteiger partial charge in [-0.05, 0) is 23.3 Å². The molecule has 0 radical (unpaired) electrons. The largest absolute Gasteiger partial charge is 0.478 e. The molecule has 3 aromatic rings. The van der Waals surface area contributed by atoms with E-state index in [0.717, 1.165) is 17.0 Å². The number of carboxylic acids is 1. The Balaban J connectivity index is 1.60. The highest BCUT2D eigenvalue weighted by molar-refractivity contribution is 7.99. The van der Waals surface area contributed by atoms with Crippen LogP contribution in [-0.2, 0) is 17.6 Å². The number of rotatable bonds is 8. The Bertz CT molecular complexity index is 939. The summed E-state index contributed by atoms with van der Waals surface area (Å²) in [4.78, 5) is 27.8. The smallest absolute Gasteiger partial charge is 0.335 e. The molecule has 0 saturated heterocycles. The van der Waals surface area contributed by atoms with Gasteiger partial charge in [-0.3, -0.25) is 4.79 Å². The molecule has 28 heavy (non-hydrogen) atoms. The molecule has 1 heterocycles. The summed E-state index contributed by atoms with van der Waals surface area (Å²) in [6.45, 7) is 0. The summed E-state index contributed by atoms with van der Waals surface area (Å²) >= 11 is 1.48. The van der Waals surface area contributed by atoms with Crippen LogP contribution in [0.1, 0.15) is 33.4 Å². The number of hydrogen-bond donors (Lipinski definition) is 2. The summed E-state index contributed by atoms with van der Waals surface area (Å²) in [6.07, 6.45) is 3.57. The summed E-state index contributed by atoms with van der Waals surface area (Å²) in [5.41, 5.74) is 2.21. The van der Waals surface area contributed by atoms with Crippen LogP contribution in [0, 0.1) is 0 Å². The Morgan fingerprint density at radius 1 is 1.14 bits per heavy atom. The molecule has 2 aromatic carbocycles. The number of carbonyl (C=O) groups excluding carboxylic acids is 1. The fraction of sp³-hybridized carbons (Fsp3) is 0.190. The van der Waals surface area contributed by atoms with Gasteiger partial charge in [0.2, 0.25) is 5.91 Å². The van der Waals surface area contributed by atoms with Crippen molar-refractivity contribution in [2.24, 2.45) is 7.05 Å². The van der Waals surface area contributed by atoms with Gasteiger partial charge in [0.05, 0.1) is 11.3 Å². The molecular weight excluding hydrogens is 374 g/mol. The minimum absolute atomic E-state index is 0.0796. The third-order valence-corrected chi connectivity index (χ3v) is 5.26. The normalized spacial score (nSPS) is 11.8. The van der Waals surface area contributed by atoms with Gasteiger partial charge in [0.25, 0.3) is 0 Å². The lowest BCUT2D eigenvalue weighted by Gasteiger charge is -2.19. The van der Waals surface area contributed by atoms with Gasteiger partial charge >= 0.3 is 5.97 Å². The number of hydrogen-bond acceptors (Lipinski definition) is 4. The first-order valence-corrected chi connectivity index (χ1v) is 9.91. The molecule has 6 nitrogen and oxygen atoms in total. The molecule has 0 bridgehead atoms. The zero-order valence-electron chi connectivity index (χ0n) is 15.4. The van der Waals surface area contributed by atoms with Gasteiger partial charge in [0.15, 0.2) is 0 Å². The van der Waals surface area contributed by atoms with E-state index in [2.05, 4.69) is 10.3 Å². The van der Waals surface area contributed by atoms with Crippen molar-refractivity contribution in [2.45, 2.75) is 11.8 Å². The molecule has 0 saturated carbocycles. The molecule has 144 valence electrons. The van der Waals surface area contributed by atoms with Crippen molar-refractivity contribution in [1.82, 2.24) is 14.9 Å². The van der Waals surface area contributed by atoms with E-state index in [9.17, 15) is 9.59 Å². The molecule has 1 amide bonds. The summed E-state index contributed by atoms with van der Waals surface area (Å²) in [5.74, 6) is 0.679. The Labute approximate surface area is 167 Å². The third-order valence-electron chi connectivity index (χ3n) is 4.26. The Morgan fingerprint density at radius 3 is 2.46 bits per heavy atom. The van der Waals surface area contributed by atoms with Crippen molar-refractivity contribution in [3.63, 3.8) is 0 Å². The van der Waals surface area contributed by atoms with E-state index in [1.54, 1.807) is 30.5 Å². The second kappa shape index (κ2) is 9.23. The first-order chi connectivity index (χ1) is 13.5. The second-order valence-corrected chi connectivity index (χ2v) is 7.29. The van der Waals surface area contributed by atoms with E-state index in [1.807, 2.05) is 48.1 Å². The average Bonchev–Trinajstić information content (AvgIpc) is 3.13. The van der Waals surface area contributed by atoms with E-state index in [4.69, 9.17) is 5.11 Å². The summed E-state index contributed by atoms with van der Waals surface area (Å²) in [5, 5.41) is 12.0. The van der Waals surface area contributed by atoms with Crippen LogP contribution < -0.4 is 5.32 Å². The fourth-order valence-corrected chi connectivity index (χ4v) is 3.60. The quantitative estimate of drug-likeness (QED) is 0.612. The van der Waals surface area contributed by atoms with E-state index in [-0.39, 0.29) is 17.5 Å². The molecule has 2 N–H and O–H groups in total. The summed E-state index contributed by atoms with van der Waals surface area (Å²) < 4.78 is 1.90. The maximum atomic E-state index is 12.5. The van der Waals surface area contributed by atoms with Crippen LogP contribution in [0.15, 0.2) is 67.0 Å². The van der Waals surface area contributed by atoms with Crippen LogP contribution >= 0.6 is 11.8 Å². The molecule has 0 fully saturated rings. The summed E-state index contributed by atoms with van der Waals surface area (Å²) in [6, 6.07) is 16.1. The maximum absolute atomic E-state index is 12.5. The van der Waals surface area contributed by atoms with E-state index in [0.29, 0.717) is 11.5 Å². The molecule has 1 atom stereocenters. The second-order valence-electron chi connectivity index (χ2n) is 6.30. The monoisotopic (exact) mass is 395 g/mol. The third kappa shape index (κ3) is 5.01. The molecule has 0 spiro atoms. The van der Waals surface area contributed by atoms with Gasteiger partial charge in [0.1, 0.15) is 11.9 Å². The van der Waals surface area contributed by atoms with Crippen LogP contribution in [0.5, 0.6) is 0 Å². The van der Waals surface area contributed by atoms with Gasteiger partial charge in [0, 0.05) is 25.2 Å². The lowest BCUT2D eigenvalue weighted by molar-refractivity contribution is -0.119. The van der Waals surface area contributed by atoms with E-state index < -0.39 is 5.97 Å². The zero-order valence-corrected chi connectivity index (χ0v) is 16.2. The van der Waals surface area contributed by atoms with Crippen LogP contribution in [0.3, 0.4) is 0 Å². The molecule has 3 rings (SSSR count). The number of carboxylic acid groups (broad SMARTS) is 1. The van der Waals surface area contributed by atoms with Gasteiger partial charge in [-0.25, -0.2) is 9.78 Å². The minimum atomic E-state index is -0.945. The highest BCUT2D eigenvalue weighted by atomic mass is 32.2. The number of thioether (sulfide) groups is 1. The molecule has 0 aliphatic rings. The molecule has 7 heteroatoms. The Kier molecular flexibility index (Phi) is 6.49. The number of aromatic nitrogens is 2. The minimum Gasteiger partial charge on any atom is -0.478 e. The first kappa shape index (κ1) is 19.7. The molecule has 1 aromatic heterocycles. The van der Waals surface area contributed by atoms with E-state index in [1.165, 1.54) is 11.8 Å². The van der Waals surface area contributed by atoms with Crippen LogP contribution in [0.25, 0.3) is 0 Å². The predicted octanol–water partition coefficient (Wildman–Crippen LogP) is 3.26. The average molecular weight is 395 g/mol. The van der Waals surface area contributed by atoms with Gasteiger partial charge in [-0.1, -0.05) is 42.5 Å². The topological polar surface area (TPSA) is 84.2 Å². The molecule has 0 aliphatic carbocycles. The Morgan fingerprint density at radius 2 is 1.86 bits per heavy atom. The van der Waals surface area contributed by atoms with Crippen molar-refractivity contribution < 1.29 is 14.7 Å². The highest BCUT2D eigenvalue weighted by Crippen LogP contribution is 2.21. The predicted molar refractivity (Wildman–Crippen MR) is 109 cm³/mol. The SMILES string of the molecule is Cn1ccnc1[C@@H](NC(=O)CSCc1ccc(C(=O)O)cc1)c1ccccc1. The van der Waals surface area contributed by atoms with Gasteiger partial charge in [-0.15, -0.1) is 11.8 Å². The number of amides is 1. The lowest BCUT2D eigenvalue weighted by Crippen LogP contribution is -2.32. The van der Waals surface area contributed by atoms with Crippen molar-refractivity contribution in [3.8, 4) is 0 Å². The number of nitrogens with zero attached hydrogens (tertiary/aromatic N) is 2. The lowest BCUT2D eigenvalue weighted by atomic mass is 10.1. The first-order valence-electron chi connectivity index (χ1n) is 8.76. The highest BCUT2D eigenvalue weighted by Gasteiger charge is 2.20. The maximum Gasteiger partial charge on any atom is 0.335 e. The van der Waals surface area contributed by atoms with Crippen molar-refractivity contribution in [3.05, 3.63) is 89.5 Å². The number of carbonyl (C=O) groups is 2. The molecular formula is C21H21N3O3S. The standard InChI is InChI=1S/C21H21N3O3S/c1-24-12-11-22-20(24)19(16-5-3-2-4-6-16)23-18(25)14-28-13-15-7-9-17(10-8-15)21(26)27/h2-12,19H,13-14H2,1H3,(H,23,25)(H,26,27)/t19-/m0/s1. The van der Waals surface area contributed by atoms with Crippen molar-refractivity contribution in [1.29, 1.82) is 0 Å². The van der Waals surface area contributed by atoms with Crippen molar-refractivity contribution in [2.75, 3.05) is 5.75 Å². The van der Waals surface area contributed by atoms with Gasteiger partial charge in [-0.2, -0.15) is 0 Å². The zero-order chi connectivity index (χ0) is 19.9. The van der Waals surface area contributed by atoms with Crippen LogP contribution in [0.4, 0.5) is 0 Å². The van der Waals surface area contributed by atoms with E-state index >= 15 is 0 Å². The molecule has 0 unspecified atom stereocenters. The van der Waals surface area contributed by atoms with Crippen LogP contribution in [-0.4, -0.2) is 32.3 Å². The summed E-state index contributed by atoms with van der Waals surface area (Å²) in [7, 11) is 1.90.